The normalized spacial score (nSPS) is 16.1. The number of hydrogen-bond acceptors (Lipinski definition) is 6. The van der Waals surface area contributed by atoms with Crippen molar-refractivity contribution in [3.8, 4) is 5.75 Å². The highest BCUT2D eigenvalue weighted by Crippen LogP contribution is 2.30. The number of piperidine rings is 1. The molecule has 7 heteroatoms. The second kappa shape index (κ2) is 9.85. The van der Waals surface area contributed by atoms with Crippen LogP contribution in [-0.2, 0) is 6.42 Å². The first-order valence-corrected chi connectivity index (χ1v) is 11.2. The molecule has 32 heavy (non-hydrogen) atoms. The van der Waals surface area contributed by atoms with Crippen molar-refractivity contribution in [3.05, 3.63) is 65.3 Å². The Labute approximate surface area is 188 Å². The summed E-state index contributed by atoms with van der Waals surface area (Å²) in [6.07, 6.45) is 3.68. The van der Waals surface area contributed by atoms with Crippen molar-refractivity contribution in [2.24, 2.45) is 0 Å². The first-order valence-electron chi connectivity index (χ1n) is 11.2. The van der Waals surface area contributed by atoms with Gasteiger partial charge in [-0.3, -0.25) is 9.78 Å². The molecule has 1 N–H and O–H groups in total. The number of ether oxygens (including phenoxy) is 1. The fourth-order valence-corrected chi connectivity index (χ4v) is 4.19. The highest BCUT2D eigenvalue weighted by atomic mass is 16.5. The maximum absolute atomic E-state index is 13.0. The zero-order valence-electron chi connectivity index (χ0n) is 18.9. The first-order chi connectivity index (χ1) is 15.6. The molecular formula is C25H30N4O3. The van der Waals surface area contributed by atoms with Crippen molar-refractivity contribution < 1.29 is 14.1 Å². The van der Waals surface area contributed by atoms with E-state index in [2.05, 4.69) is 23.5 Å². The number of aromatic nitrogens is 2. The van der Waals surface area contributed by atoms with Gasteiger partial charge >= 0.3 is 0 Å². The second-order valence-corrected chi connectivity index (χ2v) is 8.30. The summed E-state index contributed by atoms with van der Waals surface area (Å²) >= 11 is 0. The van der Waals surface area contributed by atoms with E-state index in [4.69, 9.17) is 14.2 Å². The van der Waals surface area contributed by atoms with Gasteiger partial charge in [-0.1, -0.05) is 18.1 Å². The Morgan fingerprint density at radius 2 is 2.12 bits per heavy atom. The molecule has 0 unspecified atom stereocenters. The molecule has 1 aromatic carbocycles. The van der Waals surface area contributed by atoms with Gasteiger partial charge in [-0.25, -0.2) is 0 Å². The van der Waals surface area contributed by atoms with Gasteiger partial charge in [0.25, 0.3) is 5.91 Å². The quantitative estimate of drug-likeness (QED) is 0.557. The average molecular weight is 435 g/mol. The van der Waals surface area contributed by atoms with E-state index in [0.717, 1.165) is 66.5 Å². The Morgan fingerprint density at radius 1 is 1.25 bits per heavy atom. The fourth-order valence-electron chi connectivity index (χ4n) is 4.19. The summed E-state index contributed by atoms with van der Waals surface area (Å²) < 4.78 is 10.6. The first kappa shape index (κ1) is 21.9. The second-order valence-electron chi connectivity index (χ2n) is 8.30. The Morgan fingerprint density at radius 3 is 2.94 bits per heavy atom. The molecule has 1 fully saturated rings. The van der Waals surface area contributed by atoms with Gasteiger partial charge < -0.3 is 19.5 Å². The zero-order valence-corrected chi connectivity index (χ0v) is 18.9. The van der Waals surface area contributed by atoms with E-state index in [-0.39, 0.29) is 11.8 Å². The maximum atomic E-state index is 13.0. The van der Waals surface area contributed by atoms with Crippen LogP contribution in [0.25, 0.3) is 0 Å². The third-order valence-electron chi connectivity index (χ3n) is 5.73. The number of carbonyl (C=O) groups is 1. The van der Waals surface area contributed by atoms with E-state index in [1.165, 1.54) is 0 Å². The molecule has 4 rings (SSSR count). The number of carbonyl (C=O) groups excluding carboxylic acids is 1. The highest BCUT2D eigenvalue weighted by Gasteiger charge is 2.28. The third-order valence-corrected chi connectivity index (χ3v) is 5.73. The van der Waals surface area contributed by atoms with Crippen LogP contribution in [0.2, 0.25) is 0 Å². The largest absolute Gasteiger partial charge is 0.497 e. The SMILES string of the molecule is CCCc1cc(C(=O)N2CCC[C@@H](c3cc(Nc4cccc(OC)c4)cc(C)n3)C2)no1. The lowest BCUT2D eigenvalue weighted by Gasteiger charge is -2.32. The number of anilines is 2. The molecule has 0 saturated carbocycles. The van der Waals surface area contributed by atoms with Crippen LogP contribution >= 0.6 is 0 Å². The molecule has 1 aliphatic heterocycles. The summed E-state index contributed by atoms with van der Waals surface area (Å²) in [4.78, 5) is 19.7. The molecule has 1 amide bonds. The predicted molar refractivity (Wildman–Crippen MR) is 124 cm³/mol. The minimum absolute atomic E-state index is 0.0665. The van der Waals surface area contributed by atoms with E-state index in [9.17, 15) is 4.79 Å². The standard InChI is InChI=1S/C25H30N4O3/c1-4-7-22-15-24(28-32-22)25(30)29-11-6-8-18(16-29)23-14-20(12-17(2)26-23)27-19-9-5-10-21(13-19)31-3/h5,9-10,12-15,18H,4,6-8,11,16H2,1-3H3,(H,26,27)/t18-/m1/s1. The van der Waals surface area contributed by atoms with E-state index in [0.29, 0.717) is 12.2 Å². The monoisotopic (exact) mass is 434 g/mol. The summed E-state index contributed by atoms with van der Waals surface area (Å²) in [6.45, 7) is 5.43. The number of pyridine rings is 1. The summed E-state index contributed by atoms with van der Waals surface area (Å²) in [6, 6.07) is 13.7. The van der Waals surface area contributed by atoms with Crippen LogP contribution in [-0.4, -0.2) is 41.1 Å². The molecule has 1 atom stereocenters. The molecule has 1 aliphatic rings. The molecule has 2 aromatic heterocycles. The van der Waals surface area contributed by atoms with Crippen molar-refractivity contribution in [2.75, 3.05) is 25.5 Å². The summed E-state index contributed by atoms with van der Waals surface area (Å²) in [7, 11) is 1.66. The molecule has 0 bridgehead atoms. The summed E-state index contributed by atoms with van der Waals surface area (Å²) in [5, 5.41) is 7.45. The van der Waals surface area contributed by atoms with Crippen LogP contribution in [0.3, 0.4) is 0 Å². The van der Waals surface area contributed by atoms with Crippen molar-refractivity contribution in [1.29, 1.82) is 0 Å². The van der Waals surface area contributed by atoms with Gasteiger partial charge in [0.2, 0.25) is 0 Å². The van der Waals surface area contributed by atoms with Crippen molar-refractivity contribution in [2.45, 2.75) is 45.4 Å². The lowest BCUT2D eigenvalue weighted by Crippen LogP contribution is -2.39. The summed E-state index contributed by atoms with van der Waals surface area (Å²) in [5.41, 5.74) is 4.27. The Balaban J connectivity index is 1.49. The van der Waals surface area contributed by atoms with Crippen molar-refractivity contribution in [1.82, 2.24) is 15.0 Å². The predicted octanol–water partition coefficient (Wildman–Crippen LogP) is 5.10. The zero-order chi connectivity index (χ0) is 22.5. The molecule has 7 nitrogen and oxygen atoms in total. The number of rotatable bonds is 7. The van der Waals surface area contributed by atoms with E-state index >= 15 is 0 Å². The van der Waals surface area contributed by atoms with Gasteiger partial charge in [-0.05, 0) is 50.5 Å². The van der Waals surface area contributed by atoms with Crippen LogP contribution in [0.15, 0.2) is 47.0 Å². The van der Waals surface area contributed by atoms with Crippen molar-refractivity contribution in [3.63, 3.8) is 0 Å². The number of likely N-dealkylation sites (tertiary alicyclic amines) is 1. The molecule has 3 heterocycles. The van der Waals surface area contributed by atoms with Gasteiger partial charge in [-0.15, -0.1) is 0 Å². The molecule has 0 radical (unpaired) electrons. The van der Waals surface area contributed by atoms with Gasteiger partial charge in [0, 0.05) is 60.3 Å². The number of methoxy groups -OCH3 is 1. The Hall–Kier alpha value is -3.35. The van der Waals surface area contributed by atoms with E-state index in [1.54, 1.807) is 13.2 Å². The minimum atomic E-state index is -0.0665. The fraction of sp³-hybridized carbons (Fsp3) is 0.400. The lowest BCUT2D eigenvalue weighted by molar-refractivity contribution is 0.0695. The lowest BCUT2D eigenvalue weighted by atomic mass is 9.93. The van der Waals surface area contributed by atoms with Gasteiger partial charge in [0.05, 0.1) is 7.11 Å². The Kier molecular flexibility index (Phi) is 6.73. The smallest absolute Gasteiger partial charge is 0.276 e. The molecule has 168 valence electrons. The third kappa shape index (κ3) is 5.10. The maximum Gasteiger partial charge on any atom is 0.276 e. The van der Waals surface area contributed by atoms with Crippen LogP contribution in [0.4, 0.5) is 11.4 Å². The average Bonchev–Trinajstić information content (AvgIpc) is 3.27. The van der Waals surface area contributed by atoms with Crippen LogP contribution in [0.1, 0.15) is 59.7 Å². The molecular weight excluding hydrogens is 404 g/mol. The topological polar surface area (TPSA) is 80.5 Å². The number of amides is 1. The van der Waals surface area contributed by atoms with Crippen LogP contribution < -0.4 is 10.1 Å². The number of aryl methyl sites for hydroxylation is 2. The molecule has 3 aromatic rings. The number of nitrogens with zero attached hydrogens (tertiary/aromatic N) is 3. The molecule has 0 aliphatic carbocycles. The minimum Gasteiger partial charge on any atom is -0.497 e. The summed E-state index contributed by atoms with van der Waals surface area (Å²) in [5.74, 6) is 1.68. The highest BCUT2D eigenvalue weighted by molar-refractivity contribution is 5.92. The van der Waals surface area contributed by atoms with Crippen LogP contribution in [0.5, 0.6) is 5.75 Å². The number of nitrogens with one attached hydrogen (secondary N) is 1. The molecule has 0 spiro atoms. The van der Waals surface area contributed by atoms with Gasteiger partial charge in [-0.2, -0.15) is 0 Å². The molecule has 1 saturated heterocycles. The number of benzene rings is 1. The van der Waals surface area contributed by atoms with Gasteiger partial charge in [0.1, 0.15) is 11.5 Å². The van der Waals surface area contributed by atoms with Gasteiger partial charge in [0.15, 0.2) is 5.69 Å². The van der Waals surface area contributed by atoms with E-state index in [1.807, 2.05) is 42.2 Å². The van der Waals surface area contributed by atoms with E-state index < -0.39 is 0 Å². The Bertz CT molecular complexity index is 1080. The number of hydrogen-bond donors (Lipinski definition) is 1. The van der Waals surface area contributed by atoms with Crippen LogP contribution in [0, 0.1) is 6.92 Å². The van der Waals surface area contributed by atoms with Crippen molar-refractivity contribution >= 4 is 17.3 Å².